The first-order valence-corrected chi connectivity index (χ1v) is 11.4. The van der Waals surface area contributed by atoms with Crippen molar-refractivity contribution in [3.63, 3.8) is 0 Å². The van der Waals surface area contributed by atoms with Crippen molar-refractivity contribution in [3.8, 4) is 6.07 Å². The van der Waals surface area contributed by atoms with Crippen molar-refractivity contribution in [2.24, 2.45) is 0 Å². The predicted octanol–water partition coefficient (Wildman–Crippen LogP) is 4.28. The first kappa shape index (κ1) is 21.0. The summed E-state index contributed by atoms with van der Waals surface area (Å²) in [5.41, 5.74) is 2.20. The molecule has 0 radical (unpaired) electrons. The third kappa shape index (κ3) is 4.44. The van der Waals surface area contributed by atoms with E-state index in [1.807, 2.05) is 17.5 Å². The molecule has 1 unspecified atom stereocenters. The second kappa shape index (κ2) is 9.27. The SMILES string of the molecule is N#Cc1ccc(N2C(=O)CC(N(CCC3=CCCCC3)C(=O)c3cccs3)C2=O)cc1. The van der Waals surface area contributed by atoms with Crippen molar-refractivity contribution >= 4 is 34.7 Å². The summed E-state index contributed by atoms with van der Waals surface area (Å²) >= 11 is 1.34. The fraction of sp³-hybridized carbons (Fsp3) is 0.333. The molecule has 31 heavy (non-hydrogen) atoms. The first-order valence-electron chi connectivity index (χ1n) is 10.5. The van der Waals surface area contributed by atoms with Gasteiger partial charge in [0.1, 0.15) is 6.04 Å². The van der Waals surface area contributed by atoms with E-state index in [1.165, 1.54) is 23.3 Å². The van der Waals surface area contributed by atoms with Crippen LogP contribution in [0.3, 0.4) is 0 Å². The Bertz CT molecular complexity index is 1050. The molecule has 0 spiro atoms. The van der Waals surface area contributed by atoms with E-state index in [2.05, 4.69) is 6.08 Å². The molecule has 158 valence electrons. The van der Waals surface area contributed by atoms with E-state index in [1.54, 1.807) is 35.2 Å². The molecule has 1 aromatic heterocycles. The van der Waals surface area contributed by atoms with Gasteiger partial charge in [0.2, 0.25) is 5.91 Å². The quantitative estimate of drug-likeness (QED) is 0.503. The maximum atomic E-state index is 13.3. The molecule has 1 atom stereocenters. The van der Waals surface area contributed by atoms with Crippen LogP contribution in [0.15, 0.2) is 53.4 Å². The summed E-state index contributed by atoms with van der Waals surface area (Å²) in [6, 6.07) is 11.1. The number of carbonyl (C=O) groups is 3. The Morgan fingerprint density at radius 3 is 2.65 bits per heavy atom. The molecule has 4 rings (SSSR count). The minimum atomic E-state index is -0.818. The fourth-order valence-corrected chi connectivity index (χ4v) is 4.83. The van der Waals surface area contributed by atoms with Crippen LogP contribution >= 0.6 is 11.3 Å². The minimum absolute atomic E-state index is 0.0327. The maximum absolute atomic E-state index is 13.3. The topological polar surface area (TPSA) is 81.5 Å². The van der Waals surface area contributed by atoms with Gasteiger partial charge in [-0.05, 0) is 67.8 Å². The Balaban J connectivity index is 1.58. The van der Waals surface area contributed by atoms with Crippen LogP contribution in [0, 0.1) is 11.3 Å². The number of thiophene rings is 1. The lowest BCUT2D eigenvalue weighted by atomic mass is 9.97. The van der Waals surface area contributed by atoms with Crippen molar-refractivity contribution in [3.05, 3.63) is 63.9 Å². The molecule has 1 saturated heterocycles. The summed E-state index contributed by atoms with van der Waals surface area (Å²) < 4.78 is 0. The highest BCUT2D eigenvalue weighted by molar-refractivity contribution is 7.12. The largest absolute Gasteiger partial charge is 0.325 e. The average Bonchev–Trinajstić information content (AvgIpc) is 3.43. The molecular weight excluding hydrogens is 410 g/mol. The van der Waals surface area contributed by atoms with E-state index in [0.29, 0.717) is 29.1 Å². The monoisotopic (exact) mass is 433 g/mol. The zero-order valence-corrected chi connectivity index (χ0v) is 17.9. The summed E-state index contributed by atoms with van der Waals surface area (Å²) in [4.78, 5) is 42.6. The number of anilines is 1. The van der Waals surface area contributed by atoms with E-state index in [4.69, 9.17) is 5.26 Å². The molecule has 0 N–H and O–H groups in total. The second-order valence-corrected chi connectivity index (χ2v) is 8.73. The van der Waals surface area contributed by atoms with E-state index in [0.717, 1.165) is 24.2 Å². The number of rotatable bonds is 6. The van der Waals surface area contributed by atoms with Crippen molar-refractivity contribution in [2.45, 2.75) is 44.6 Å². The van der Waals surface area contributed by atoms with Gasteiger partial charge in [-0.15, -0.1) is 11.3 Å². The van der Waals surface area contributed by atoms with Crippen LogP contribution in [0.4, 0.5) is 5.69 Å². The molecule has 7 heteroatoms. The van der Waals surface area contributed by atoms with Crippen molar-refractivity contribution < 1.29 is 14.4 Å². The van der Waals surface area contributed by atoms with Gasteiger partial charge in [-0.25, -0.2) is 4.90 Å². The average molecular weight is 434 g/mol. The lowest BCUT2D eigenvalue weighted by molar-refractivity contribution is -0.122. The highest BCUT2D eigenvalue weighted by Gasteiger charge is 2.44. The Kier molecular flexibility index (Phi) is 6.28. The number of hydrogen-bond acceptors (Lipinski definition) is 5. The number of nitrogens with zero attached hydrogens (tertiary/aromatic N) is 3. The van der Waals surface area contributed by atoms with E-state index >= 15 is 0 Å². The number of allylic oxidation sites excluding steroid dienone is 1. The fourth-order valence-electron chi connectivity index (χ4n) is 4.15. The Labute approximate surface area is 185 Å². The molecule has 1 aliphatic heterocycles. The van der Waals surface area contributed by atoms with Crippen LogP contribution in [-0.4, -0.2) is 35.2 Å². The zero-order valence-electron chi connectivity index (χ0n) is 17.1. The van der Waals surface area contributed by atoms with E-state index < -0.39 is 11.9 Å². The number of nitriles is 1. The van der Waals surface area contributed by atoms with Crippen LogP contribution < -0.4 is 4.90 Å². The highest BCUT2D eigenvalue weighted by Crippen LogP contribution is 2.29. The first-order chi connectivity index (χ1) is 15.1. The molecule has 0 saturated carbocycles. The lowest BCUT2D eigenvalue weighted by Crippen LogP contribution is -2.46. The summed E-state index contributed by atoms with van der Waals surface area (Å²) in [5, 5.41) is 10.8. The molecule has 1 fully saturated rings. The number of hydrogen-bond donors (Lipinski definition) is 0. The molecule has 0 bridgehead atoms. The lowest BCUT2D eigenvalue weighted by Gasteiger charge is -2.28. The molecular formula is C24H23N3O3S. The van der Waals surface area contributed by atoms with Gasteiger partial charge in [0.15, 0.2) is 0 Å². The number of carbonyl (C=O) groups excluding carboxylic acids is 3. The normalized spacial score (nSPS) is 18.6. The number of amides is 3. The predicted molar refractivity (Wildman–Crippen MR) is 119 cm³/mol. The van der Waals surface area contributed by atoms with Gasteiger partial charge in [0.25, 0.3) is 11.8 Å². The van der Waals surface area contributed by atoms with Crippen LogP contribution in [-0.2, 0) is 9.59 Å². The van der Waals surface area contributed by atoms with Gasteiger partial charge >= 0.3 is 0 Å². The molecule has 6 nitrogen and oxygen atoms in total. The van der Waals surface area contributed by atoms with Crippen LogP contribution in [0.1, 0.15) is 53.8 Å². The smallest absolute Gasteiger partial charge is 0.264 e. The van der Waals surface area contributed by atoms with Crippen LogP contribution in [0.2, 0.25) is 0 Å². The minimum Gasteiger partial charge on any atom is -0.325 e. The maximum Gasteiger partial charge on any atom is 0.264 e. The Morgan fingerprint density at radius 1 is 1.19 bits per heavy atom. The van der Waals surface area contributed by atoms with Crippen LogP contribution in [0.5, 0.6) is 0 Å². The van der Waals surface area contributed by atoms with Gasteiger partial charge < -0.3 is 4.90 Å². The number of benzene rings is 1. The van der Waals surface area contributed by atoms with Gasteiger partial charge in [-0.3, -0.25) is 14.4 Å². The molecule has 2 heterocycles. The van der Waals surface area contributed by atoms with Crippen molar-refractivity contribution in [2.75, 3.05) is 11.4 Å². The van der Waals surface area contributed by atoms with Gasteiger partial charge in [0, 0.05) is 6.54 Å². The van der Waals surface area contributed by atoms with E-state index in [9.17, 15) is 14.4 Å². The Morgan fingerprint density at radius 2 is 2.00 bits per heavy atom. The van der Waals surface area contributed by atoms with Crippen molar-refractivity contribution in [1.82, 2.24) is 4.90 Å². The molecule has 3 amide bonds. The molecule has 1 aliphatic carbocycles. The molecule has 2 aromatic rings. The van der Waals surface area contributed by atoms with Gasteiger partial charge in [-0.2, -0.15) is 5.26 Å². The van der Waals surface area contributed by atoms with Crippen LogP contribution in [0.25, 0.3) is 0 Å². The summed E-state index contributed by atoms with van der Waals surface area (Å²) in [5.74, 6) is -0.933. The second-order valence-electron chi connectivity index (χ2n) is 7.78. The third-order valence-electron chi connectivity index (χ3n) is 5.81. The highest BCUT2D eigenvalue weighted by atomic mass is 32.1. The number of imide groups is 1. The summed E-state index contributed by atoms with van der Waals surface area (Å²) in [7, 11) is 0. The molecule has 2 aliphatic rings. The third-order valence-corrected chi connectivity index (χ3v) is 6.66. The molecule has 1 aromatic carbocycles. The summed E-state index contributed by atoms with van der Waals surface area (Å²) in [6.07, 6.45) is 7.34. The van der Waals surface area contributed by atoms with E-state index in [-0.39, 0.29) is 18.2 Å². The zero-order chi connectivity index (χ0) is 21.8. The van der Waals surface area contributed by atoms with Gasteiger partial charge in [-0.1, -0.05) is 17.7 Å². The van der Waals surface area contributed by atoms with Gasteiger partial charge in [0.05, 0.1) is 28.6 Å². The van der Waals surface area contributed by atoms with Crippen molar-refractivity contribution in [1.29, 1.82) is 5.26 Å². The Hall–Kier alpha value is -3.24. The summed E-state index contributed by atoms with van der Waals surface area (Å²) in [6.45, 7) is 0.410. The standard InChI is InChI=1S/C24H23N3O3S/c25-16-18-8-10-19(11-9-18)27-22(28)15-20(23(27)29)26(24(30)21-7-4-14-31-21)13-12-17-5-2-1-3-6-17/h4-5,7-11,14,20H,1-3,6,12-13,15H2.